The number of ether oxygens (including phenoxy) is 1. The van der Waals surface area contributed by atoms with Crippen LogP contribution >= 0.6 is 11.3 Å². The maximum Gasteiger partial charge on any atom is 0.439 e. The van der Waals surface area contributed by atoms with Crippen molar-refractivity contribution >= 4 is 28.2 Å². The maximum atomic E-state index is 14.0. The highest BCUT2D eigenvalue weighted by atomic mass is 32.1. The minimum Gasteiger partial charge on any atom is -0.465 e. The number of alkyl halides is 6. The normalized spacial score (nSPS) is 14.4. The Labute approximate surface area is 189 Å². The van der Waals surface area contributed by atoms with E-state index >= 15 is 0 Å². The number of methoxy groups -OCH3 is 1. The molecule has 0 saturated carbocycles. The number of anilines is 1. The highest BCUT2D eigenvalue weighted by Crippen LogP contribution is 2.47. The van der Waals surface area contributed by atoms with Crippen molar-refractivity contribution in [2.45, 2.75) is 50.1 Å². The van der Waals surface area contributed by atoms with Gasteiger partial charge in [0.2, 0.25) is 5.91 Å². The molecule has 33 heavy (non-hydrogen) atoms. The summed E-state index contributed by atoms with van der Waals surface area (Å²) in [6, 6.07) is 7.39. The molecule has 0 saturated heterocycles. The second-order valence-electron chi connectivity index (χ2n) is 7.49. The standard InChI is InChI=1S/C21H20F6N2O3S/c1-32-18(31)16-13-9-5-6-10-14(13)33-17(16)29-19(20(22,23)24,21(25,26)27)28-15(30)11-12-7-3-2-4-8-12/h2-4,7-8,29H,5-6,9-11H2,1H3,(H,28,30). The van der Waals surface area contributed by atoms with Crippen molar-refractivity contribution < 1.29 is 40.7 Å². The molecule has 0 spiro atoms. The Hall–Kier alpha value is -2.76. The molecule has 2 aromatic rings. The van der Waals surface area contributed by atoms with Crippen molar-refractivity contribution in [3.05, 3.63) is 51.9 Å². The Morgan fingerprint density at radius 2 is 1.61 bits per heavy atom. The zero-order valence-electron chi connectivity index (χ0n) is 17.3. The van der Waals surface area contributed by atoms with Gasteiger partial charge in [-0.1, -0.05) is 30.3 Å². The van der Waals surface area contributed by atoms with Gasteiger partial charge in [-0.05, 0) is 36.8 Å². The van der Waals surface area contributed by atoms with Gasteiger partial charge < -0.3 is 15.4 Å². The monoisotopic (exact) mass is 494 g/mol. The Bertz CT molecular complexity index is 1000. The summed E-state index contributed by atoms with van der Waals surface area (Å²) in [5.41, 5.74) is -4.58. The molecular formula is C21H20F6N2O3S. The van der Waals surface area contributed by atoms with E-state index in [0.29, 0.717) is 47.5 Å². The van der Waals surface area contributed by atoms with Crippen LogP contribution in [0.1, 0.15) is 39.2 Å². The first-order chi connectivity index (χ1) is 15.4. The summed E-state index contributed by atoms with van der Waals surface area (Å²) in [7, 11) is 0.988. The largest absolute Gasteiger partial charge is 0.465 e. The smallest absolute Gasteiger partial charge is 0.439 e. The molecule has 3 rings (SSSR count). The lowest BCUT2D eigenvalue weighted by molar-refractivity contribution is -0.295. The molecular weight excluding hydrogens is 474 g/mol. The molecule has 0 unspecified atom stereocenters. The van der Waals surface area contributed by atoms with Crippen LogP contribution in [0.25, 0.3) is 0 Å². The molecule has 0 atom stereocenters. The average Bonchev–Trinajstić information content (AvgIpc) is 3.09. The zero-order chi connectivity index (χ0) is 24.4. The van der Waals surface area contributed by atoms with Gasteiger partial charge in [0.05, 0.1) is 19.1 Å². The fourth-order valence-electron chi connectivity index (χ4n) is 3.65. The van der Waals surface area contributed by atoms with Gasteiger partial charge in [-0.15, -0.1) is 11.3 Å². The summed E-state index contributed by atoms with van der Waals surface area (Å²) in [5, 5.41) is 1.94. The topological polar surface area (TPSA) is 67.4 Å². The number of esters is 1. The van der Waals surface area contributed by atoms with Crippen LogP contribution in [0.2, 0.25) is 0 Å². The number of thiophene rings is 1. The summed E-state index contributed by atoms with van der Waals surface area (Å²) in [6.07, 6.45) is -10.6. The second-order valence-corrected chi connectivity index (χ2v) is 8.59. The first kappa shape index (κ1) is 24.9. The Morgan fingerprint density at radius 3 is 2.18 bits per heavy atom. The van der Waals surface area contributed by atoms with Crippen molar-refractivity contribution in [1.29, 1.82) is 0 Å². The van der Waals surface area contributed by atoms with Gasteiger partial charge in [-0.25, -0.2) is 4.79 Å². The lowest BCUT2D eigenvalue weighted by Crippen LogP contribution is -2.72. The van der Waals surface area contributed by atoms with Gasteiger partial charge in [0, 0.05) is 4.88 Å². The van der Waals surface area contributed by atoms with Crippen molar-refractivity contribution in [2.75, 3.05) is 12.4 Å². The molecule has 180 valence electrons. The molecule has 0 radical (unpaired) electrons. The number of hydrogen-bond donors (Lipinski definition) is 2. The zero-order valence-corrected chi connectivity index (χ0v) is 18.1. The number of carbonyl (C=O) groups excluding carboxylic acids is 2. The fourth-order valence-corrected chi connectivity index (χ4v) is 4.99. The van der Waals surface area contributed by atoms with E-state index in [9.17, 15) is 35.9 Å². The van der Waals surface area contributed by atoms with Gasteiger partial charge in [-0.3, -0.25) is 4.79 Å². The van der Waals surface area contributed by atoms with E-state index < -0.39 is 41.3 Å². The third kappa shape index (κ3) is 4.94. The molecule has 1 aliphatic rings. The van der Waals surface area contributed by atoms with Crippen molar-refractivity contribution in [2.24, 2.45) is 0 Å². The first-order valence-electron chi connectivity index (χ1n) is 9.89. The summed E-state index contributed by atoms with van der Waals surface area (Å²) >= 11 is 0.633. The van der Waals surface area contributed by atoms with Crippen molar-refractivity contribution in [3.8, 4) is 0 Å². The number of fused-ring (bicyclic) bond motifs is 1. The molecule has 1 amide bonds. The maximum absolute atomic E-state index is 14.0. The van der Waals surface area contributed by atoms with Gasteiger partial charge in [-0.2, -0.15) is 26.3 Å². The predicted octanol–water partition coefficient (Wildman–Crippen LogP) is 5.01. The van der Waals surface area contributed by atoms with Crippen LogP contribution in [0.15, 0.2) is 30.3 Å². The Morgan fingerprint density at radius 1 is 1.00 bits per heavy atom. The SMILES string of the molecule is COC(=O)c1c(NC(NC(=O)Cc2ccccc2)(C(F)(F)F)C(F)(F)F)sc2c1CCCC2. The second kappa shape index (κ2) is 9.24. The molecule has 1 heterocycles. The van der Waals surface area contributed by atoms with E-state index in [0.717, 1.165) is 12.4 Å². The average molecular weight is 494 g/mol. The third-order valence-corrected chi connectivity index (χ3v) is 6.45. The van der Waals surface area contributed by atoms with Crippen molar-refractivity contribution in [3.63, 3.8) is 0 Å². The number of aryl methyl sites for hydroxylation is 1. The molecule has 0 bridgehead atoms. The molecule has 12 heteroatoms. The van der Waals surface area contributed by atoms with E-state index in [1.165, 1.54) is 29.6 Å². The van der Waals surface area contributed by atoms with Crippen LogP contribution in [0.3, 0.4) is 0 Å². The fraction of sp³-hybridized carbons (Fsp3) is 0.429. The number of amides is 1. The number of nitrogens with one attached hydrogen (secondary N) is 2. The number of hydrogen-bond acceptors (Lipinski definition) is 5. The van der Waals surface area contributed by atoms with Crippen LogP contribution in [-0.2, 0) is 28.8 Å². The molecule has 1 aliphatic carbocycles. The highest BCUT2D eigenvalue weighted by Gasteiger charge is 2.73. The summed E-state index contributed by atoms with van der Waals surface area (Å²) < 4.78 is 88.9. The highest BCUT2D eigenvalue weighted by molar-refractivity contribution is 7.16. The van der Waals surface area contributed by atoms with Gasteiger partial charge in [0.15, 0.2) is 0 Å². The van der Waals surface area contributed by atoms with Gasteiger partial charge >= 0.3 is 24.0 Å². The van der Waals surface area contributed by atoms with E-state index in [4.69, 9.17) is 0 Å². The summed E-state index contributed by atoms with van der Waals surface area (Å²) in [5.74, 6) is -2.55. The molecule has 5 nitrogen and oxygen atoms in total. The number of rotatable bonds is 6. The molecule has 0 aliphatic heterocycles. The van der Waals surface area contributed by atoms with Crippen molar-refractivity contribution in [1.82, 2.24) is 5.32 Å². The molecule has 1 aromatic heterocycles. The van der Waals surface area contributed by atoms with Crippen LogP contribution in [0.5, 0.6) is 0 Å². The lowest BCUT2D eigenvalue weighted by atomic mass is 9.95. The number of benzene rings is 1. The van der Waals surface area contributed by atoms with Crippen LogP contribution in [-0.4, -0.2) is 37.0 Å². The first-order valence-corrected chi connectivity index (χ1v) is 10.7. The minimum atomic E-state index is -5.99. The quantitative estimate of drug-likeness (QED) is 0.337. The van der Waals surface area contributed by atoms with E-state index in [2.05, 4.69) is 4.74 Å². The van der Waals surface area contributed by atoms with Crippen LogP contribution < -0.4 is 10.6 Å². The minimum absolute atomic E-state index is 0.232. The summed E-state index contributed by atoms with van der Waals surface area (Å²) in [6.45, 7) is 0. The van der Waals surface area contributed by atoms with E-state index in [1.807, 2.05) is 0 Å². The predicted molar refractivity (Wildman–Crippen MR) is 109 cm³/mol. The molecule has 0 fully saturated rings. The third-order valence-electron chi connectivity index (χ3n) is 5.25. The van der Waals surface area contributed by atoms with Crippen LogP contribution in [0.4, 0.5) is 31.3 Å². The number of halogens is 6. The van der Waals surface area contributed by atoms with Crippen LogP contribution in [0, 0.1) is 0 Å². The van der Waals surface area contributed by atoms with Gasteiger partial charge in [0.25, 0.3) is 0 Å². The molecule has 1 aromatic carbocycles. The van der Waals surface area contributed by atoms with Gasteiger partial charge in [0.1, 0.15) is 5.00 Å². The lowest BCUT2D eigenvalue weighted by Gasteiger charge is -2.38. The molecule has 2 N–H and O–H groups in total. The van der Waals surface area contributed by atoms with E-state index in [-0.39, 0.29) is 11.1 Å². The summed E-state index contributed by atoms with van der Waals surface area (Å²) in [4.78, 5) is 25.2. The Balaban J connectivity index is 2.07. The Kier molecular flexibility index (Phi) is 6.96. The van der Waals surface area contributed by atoms with E-state index in [1.54, 1.807) is 6.07 Å². The number of carbonyl (C=O) groups is 2.